The second-order valence-electron chi connectivity index (χ2n) is 6.28. The molecule has 1 atom stereocenters. The fourth-order valence-corrected chi connectivity index (χ4v) is 3.13. The maximum atomic E-state index is 13.0. The van der Waals surface area contributed by atoms with Crippen LogP contribution in [0.5, 0.6) is 0 Å². The number of nitrogens with one attached hydrogen (secondary N) is 1. The molecule has 2 aromatic carbocycles. The second kappa shape index (κ2) is 7.47. The van der Waals surface area contributed by atoms with E-state index in [1.165, 1.54) is 23.3 Å². The standard InChI is InChI=1S/C20H21FN2O2/c1-14-4-2-3-5-15(14)10-12-22-19(24)18-11-13-23(20(18)25)17-8-6-16(21)7-9-17/h2-9,18H,10-13H2,1H3,(H,22,24)/t18-/m0/s1. The summed E-state index contributed by atoms with van der Waals surface area (Å²) in [5.74, 6) is -1.47. The minimum absolute atomic E-state index is 0.222. The molecule has 0 aromatic heterocycles. The predicted octanol–water partition coefficient (Wildman–Crippen LogP) is 2.85. The number of carbonyl (C=O) groups is 2. The van der Waals surface area contributed by atoms with Gasteiger partial charge < -0.3 is 10.2 Å². The molecule has 1 saturated heterocycles. The van der Waals surface area contributed by atoms with Crippen molar-refractivity contribution < 1.29 is 14.0 Å². The lowest BCUT2D eigenvalue weighted by atomic mass is 10.1. The minimum Gasteiger partial charge on any atom is -0.355 e. The van der Waals surface area contributed by atoms with E-state index in [9.17, 15) is 14.0 Å². The van der Waals surface area contributed by atoms with Crippen LogP contribution >= 0.6 is 0 Å². The third-order valence-electron chi connectivity index (χ3n) is 4.62. The summed E-state index contributed by atoms with van der Waals surface area (Å²) in [5.41, 5.74) is 3.01. The van der Waals surface area contributed by atoms with Gasteiger partial charge in [-0.1, -0.05) is 24.3 Å². The SMILES string of the molecule is Cc1ccccc1CCNC(=O)[C@@H]1CCN(c2ccc(F)cc2)C1=O. The molecule has 0 spiro atoms. The summed E-state index contributed by atoms with van der Waals surface area (Å²) in [4.78, 5) is 26.4. The molecule has 2 aromatic rings. The van der Waals surface area contributed by atoms with Crippen LogP contribution in [0.4, 0.5) is 10.1 Å². The molecule has 0 bridgehead atoms. The van der Waals surface area contributed by atoms with Crippen LogP contribution in [0.2, 0.25) is 0 Å². The lowest BCUT2D eigenvalue weighted by molar-refractivity contribution is -0.132. The first-order valence-corrected chi connectivity index (χ1v) is 8.45. The number of hydrogen-bond acceptors (Lipinski definition) is 2. The zero-order valence-corrected chi connectivity index (χ0v) is 14.2. The maximum absolute atomic E-state index is 13.0. The number of amides is 2. The number of carbonyl (C=O) groups excluding carboxylic acids is 2. The summed E-state index contributed by atoms with van der Waals surface area (Å²) < 4.78 is 13.0. The lowest BCUT2D eigenvalue weighted by Crippen LogP contribution is -2.37. The molecule has 1 heterocycles. The number of halogens is 1. The van der Waals surface area contributed by atoms with E-state index in [0.29, 0.717) is 25.2 Å². The summed E-state index contributed by atoms with van der Waals surface area (Å²) >= 11 is 0. The molecule has 0 aliphatic carbocycles. The normalized spacial score (nSPS) is 17.0. The fraction of sp³-hybridized carbons (Fsp3) is 0.300. The minimum atomic E-state index is -0.665. The van der Waals surface area contributed by atoms with Crippen LogP contribution in [-0.2, 0) is 16.0 Å². The van der Waals surface area contributed by atoms with Crippen molar-refractivity contribution in [3.05, 3.63) is 65.5 Å². The largest absolute Gasteiger partial charge is 0.355 e. The van der Waals surface area contributed by atoms with Gasteiger partial charge in [-0.05, 0) is 55.2 Å². The number of anilines is 1. The maximum Gasteiger partial charge on any atom is 0.239 e. The third kappa shape index (κ3) is 3.87. The summed E-state index contributed by atoms with van der Waals surface area (Å²) in [6, 6.07) is 13.8. The highest BCUT2D eigenvalue weighted by Crippen LogP contribution is 2.25. The van der Waals surface area contributed by atoms with Gasteiger partial charge in [0.25, 0.3) is 0 Å². The van der Waals surface area contributed by atoms with E-state index in [2.05, 4.69) is 5.32 Å². The van der Waals surface area contributed by atoms with Gasteiger partial charge in [-0.3, -0.25) is 9.59 Å². The Morgan fingerprint density at radius 1 is 1.20 bits per heavy atom. The van der Waals surface area contributed by atoms with Crippen LogP contribution in [0.25, 0.3) is 0 Å². The summed E-state index contributed by atoms with van der Waals surface area (Å²) in [7, 11) is 0. The molecule has 0 unspecified atom stereocenters. The number of rotatable bonds is 5. The van der Waals surface area contributed by atoms with Crippen molar-refractivity contribution in [2.24, 2.45) is 5.92 Å². The molecule has 0 saturated carbocycles. The summed E-state index contributed by atoms with van der Waals surface area (Å²) in [6.07, 6.45) is 1.22. The molecule has 5 heteroatoms. The van der Waals surface area contributed by atoms with Gasteiger partial charge in [-0.25, -0.2) is 4.39 Å². The zero-order chi connectivity index (χ0) is 17.8. The van der Waals surface area contributed by atoms with E-state index < -0.39 is 5.92 Å². The van der Waals surface area contributed by atoms with Crippen LogP contribution in [-0.4, -0.2) is 24.9 Å². The fourth-order valence-electron chi connectivity index (χ4n) is 3.13. The van der Waals surface area contributed by atoms with Crippen LogP contribution in [0.1, 0.15) is 17.5 Å². The van der Waals surface area contributed by atoms with Crippen LogP contribution in [0.15, 0.2) is 48.5 Å². The Balaban J connectivity index is 1.55. The van der Waals surface area contributed by atoms with Gasteiger partial charge in [0.1, 0.15) is 11.7 Å². The van der Waals surface area contributed by atoms with E-state index in [0.717, 1.165) is 6.42 Å². The van der Waals surface area contributed by atoms with Crippen LogP contribution in [0.3, 0.4) is 0 Å². The molecule has 3 rings (SSSR count). The van der Waals surface area contributed by atoms with Crippen molar-refractivity contribution in [2.45, 2.75) is 19.8 Å². The number of aryl methyl sites for hydroxylation is 1. The highest BCUT2D eigenvalue weighted by atomic mass is 19.1. The second-order valence-corrected chi connectivity index (χ2v) is 6.28. The topological polar surface area (TPSA) is 49.4 Å². The smallest absolute Gasteiger partial charge is 0.239 e. The Morgan fingerprint density at radius 3 is 2.64 bits per heavy atom. The Bertz CT molecular complexity index is 774. The predicted molar refractivity (Wildman–Crippen MR) is 94.8 cm³/mol. The van der Waals surface area contributed by atoms with Crippen molar-refractivity contribution in [3.63, 3.8) is 0 Å². The molecule has 25 heavy (non-hydrogen) atoms. The monoisotopic (exact) mass is 340 g/mol. The molecular formula is C20H21FN2O2. The van der Waals surface area contributed by atoms with E-state index in [-0.39, 0.29) is 17.6 Å². The van der Waals surface area contributed by atoms with Gasteiger partial charge in [0.15, 0.2) is 0 Å². The third-order valence-corrected chi connectivity index (χ3v) is 4.62. The average Bonchev–Trinajstić information content (AvgIpc) is 2.99. The van der Waals surface area contributed by atoms with E-state index in [1.54, 1.807) is 17.0 Å². The molecule has 0 radical (unpaired) electrons. The van der Waals surface area contributed by atoms with Gasteiger partial charge in [0.2, 0.25) is 11.8 Å². The van der Waals surface area contributed by atoms with Crippen LogP contribution < -0.4 is 10.2 Å². The first kappa shape index (κ1) is 17.1. The number of nitrogens with zero attached hydrogens (tertiary/aromatic N) is 1. The van der Waals surface area contributed by atoms with Crippen molar-refractivity contribution in [2.75, 3.05) is 18.0 Å². The molecule has 1 aliphatic rings. The quantitative estimate of drug-likeness (QED) is 0.851. The number of hydrogen-bond donors (Lipinski definition) is 1. The Labute approximate surface area is 146 Å². The summed E-state index contributed by atoms with van der Waals surface area (Å²) in [6.45, 7) is 3.02. The highest BCUT2D eigenvalue weighted by molar-refractivity contribution is 6.09. The van der Waals surface area contributed by atoms with E-state index in [1.807, 2.05) is 31.2 Å². The summed E-state index contributed by atoms with van der Waals surface area (Å²) in [5, 5.41) is 2.87. The zero-order valence-electron chi connectivity index (χ0n) is 14.2. The molecule has 130 valence electrons. The molecule has 1 aliphatic heterocycles. The van der Waals surface area contributed by atoms with Crippen molar-refractivity contribution in [1.29, 1.82) is 0 Å². The van der Waals surface area contributed by atoms with Crippen molar-refractivity contribution >= 4 is 17.5 Å². The molecule has 2 amide bonds. The average molecular weight is 340 g/mol. The van der Waals surface area contributed by atoms with Crippen LogP contribution in [0, 0.1) is 18.7 Å². The molecule has 1 fully saturated rings. The molecule has 1 N–H and O–H groups in total. The van der Waals surface area contributed by atoms with E-state index >= 15 is 0 Å². The van der Waals surface area contributed by atoms with Gasteiger partial charge in [-0.15, -0.1) is 0 Å². The molecule has 4 nitrogen and oxygen atoms in total. The first-order chi connectivity index (χ1) is 12.1. The highest BCUT2D eigenvalue weighted by Gasteiger charge is 2.37. The van der Waals surface area contributed by atoms with Crippen molar-refractivity contribution in [3.8, 4) is 0 Å². The Hall–Kier alpha value is -2.69. The van der Waals surface area contributed by atoms with Crippen molar-refractivity contribution in [1.82, 2.24) is 5.32 Å². The van der Waals surface area contributed by atoms with E-state index in [4.69, 9.17) is 0 Å². The number of benzene rings is 2. The Kier molecular flexibility index (Phi) is 5.12. The van der Waals surface area contributed by atoms with Gasteiger partial charge >= 0.3 is 0 Å². The van der Waals surface area contributed by atoms with Gasteiger partial charge in [0.05, 0.1) is 0 Å². The van der Waals surface area contributed by atoms with Gasteiger partial charge in [0, 0.05) is 18.8 Å². The Morgan fingerprint density at radius 2 is 1.92 bits per heavy atom. The van der Waals surface area contributed by atoms with Gasteiger partial charge in [-0.2, -0.15) is 0 Å². The molecular weight excluding hydrogens is 319 g/mol. The lowest BCUT2D eigenvalue weighted by Gasteiger charge is -2.16. The first-order valence-electron chi connectivity index (χ1n) is 8.45.